The number of hydrogen-bond acceptors (Lipinski definition) is 2. The number of hydrogen-bond donors (Lipinski definition) is 0. The van der Waals surface area contributed by atoms with Gasteiger partial charge >= 0.3 is 6.18 Å². The highest BCUT2D eigenvalue weighted by Gasteiger charge is 2.27. The second-order valence-corrected chi connectivity index (χ2v) is 4.13. The molecule has 0 atom stereocenters. The Morgan fingerprint density at radius 1 is 1.28 bits per heavy atom. The Morgan fingerprint density at radius 3 is 2.44 bits per heavy atom. The van der Waals surface area contributed by atoms with Gasteiger partial charge in [0.2, 0.25) is 0 Å². The molecule has 0 fully saturated rings. The summed E-state index contributed by atoms with van der Waals surface area (Å²) in [6.07, 6.45) is -5.32. The molecule has 2 nitrogen and oxygen atoms in total. The molecular formula is C11H11Cl2F3O2. The van der Waals surface area contributed by atoms with E-state index >= 15 is 0 Å². The van der Waals surface area contributed by atoms with Crippen LogP contribution in [0, 0.1) is 0 Å². The van der Waals surface area contributed by atoms with Crippen molar-refractivity contribution in [1.29, 1.82) is 0 Å². The monoisotopic (exact) mass is 302 g/mol. The molecular weight excluding hydrogens is 292 g/mol. The number of rotatable bonds is 5. The Morgan fingerprint density at radius 2 is 1.94 bits per heavy atom. The second kappa shape index (κ2) is 6.38. The van der Waals surface area contributed by atoms with Crippen LogP contribution in [0.5, 0.6) is 11.5 Å². The quantitative estimate of drug-likeness (QED) is 0.750. The van der Waals surface area contributed by atoms with Crippen molar-refractivity contribution < 1.29 is 22.6 Å². The van der Waals surface area contributed by atoms with E-state index in [9.17, 15) is 13.2 Å². The minimum Gasteiger partial charge on any atom is -0.493 e. The SMILES string of the molecule is COc1cc(CCl)cc(Cl)c1OCCC(F)(F)F. The van der Waals surface area contributed by atoms with Crippen LogP contribution >= 0.6 is 23.2 Å². The van der Waals surface area contributed by atoms with Crippen molar-refractivity contribution in [3.63, 3.8) is 0 Å². The van der Waals surface area contributed by atoms with Crippen molar-refractivity contribution in [3.8, 4) is 11.5 Å². The van der Waals surface area contributed by atoms with Crippen molar-refractivity contribution in [1.82, 2.24) is 0 Å². The van der Waals surface area contributed by atoms with Gasteiger partial charge in [0.05, 0.1) is 25.2 Å². The van der Waals surface area contributed by atoms with E-state index in [1.54, 1.807) is 6.07 Å². The average molecular weight is 303 g/mol. The lowest BCUT2D eigenvalue weighted by atomic mass is 10.2. The molecule has 18 heavy (non-hydrogen) atoms. The summed E-state index contributed by atoms with van der Waals surface area (Å²) in [5.41, 5.74) is 0.696. The van der Waals surface area contributed by atoms with Crippen LogP contribution in [0.2, 0.25) is 5.02 Å². The van der Waals surface area contributed by atoms with Crippen LogP contribution in [0.4, 0.5) is 13.2 Å². The summed E-state index contributed by atoms with van der Waals surface area (Å²) in [6.45, 7) is -0.514. The molecule has 0 saturated heterocycles. The Kier molecular flexibility index (Phi) is 5.41. The fourth-order valence-electron chi connectivity index (χ4n) is 1.26. The first-order valence-electron chi connectivity index (χ1n) is 4.99. The van der Waals surface area contributed by atoms with Crippen molar-refractivity contribution in [3.05, 3.63) is 22.7 Å². The number of alkyl halides is 4. The summed E-state index contributed by atoms with van der Waals surface area (Å²) in [4.78, 5) is 0. The van der Waals surface area contributed by atoms with Gasteiger partial charge in [0.1, 0.15) is 0 Å². The molecule has 0 aliphatic carbocycles. The molecule has 0 aliphatic heterocycles. The number of benzene rings is 1. The third-order valence-electron chi connectivity index (χ3n) is 2.08. The van der Waals surface area contributed by atoms with Gasteiger partial charge in [0.15, 0.2) is 11.5 Å². The minimum absolute atomic E-state index is 0.0947. The Balaban J connectivity index is 2.81. The van der Waals surface area contributed by atoms with Crippen molar-refractivity contribution >= 4 is 23.2 Å². The Bertz CT molecular complexity index is 408. The van der Waals surface area contributed by atoms with Crippen LogP contribution in [-0.4, -0.2) is 19.9 Å². The molecule has 0 spiro atoms. The first-order chi connectivity index (χ1) is 8.37. The van der Waals surface area contributed by atoms with Crippen LogP contribution in [0.3, 0.4) is 0 Å². The molecule has 0 bridgehead atoms. The third kappa shape index (κ3) is 4.46. The second-order valence-electron chi connectivity index (χ2n) is 3.46. The summed E-state index contributed by atoms with van der Waals surface area (Å²) >= 11 is 11.5. The van der Waals surface area contributed by atoms with Crippen LogP contribution in [0.25, 0.3) is 0 Å². The first-order valence-corrected chi connectivity index (χ1v) is 5.90. The molecule has 0 unspecified atom stereocenters. The third-order valence-corrected chi connectivity index (χ3v) is 2.66. The van der Waals surface area contributed by atoms with Gasteiger partial charge in [-0.25, -0.2) is 0 Å². The van der Waals surface area contributed by atoms with Gasteiger partial charge in [-0.15, -0.1) is 11.6 Å². The van der Waals surface area contributed by atoms with Crippen molar-refractivity contribution in [2.24, 2.45) is 0 Å². The maximum atomic E-state index is 12.0. The topological polar surface area (TPSA) is 18.5 Å². The smallest absolute Gasteiger partial charge is 0.392 e. The standard InChI is InChI=1S/C11H11Cl2F3O2/c1-17-9-5-7(6-12)4-8(13)10(9)18-3-2-11(14,15)16/h4-5H,2-3,6H2,1H3. The Labute approximate surface area is 113 Å². The van der Waals surface area contributed by atoms with Gasteiger partial charge in [-0.1, -0.05) is 11.6 Å². The number of halogens is 5. The normalized spacial score (nSPS) is 11.4. The van der Waals surface area contributed by atoms with Gasteiger partial charge in [-0.05, 0) is 17.7 Å². The highest BCUT2D eigenvalue weighted by atomic mass is 35.5. The summed E-state index contributed by atoms with van der Waals surface area (Å²) in [5.74, 6) is 0.580. The molecule has 7 heteroatoms. The van der Waals surface area contributed by atoms with Gasteiger partial charge in [-0.3, -0.25) is 0 Å². The summed E-state index contributed by atoms with van der Waals surface area (Å²) in [7, 11) is 1.38. The molecule has 0 amide bonds. The number of ether oxygens (including phenoxy) is 2. The van der Waals surface area contributed by atoms with E-state index in [2.05, 4.69) is 0 Å². The van der Waals surface area contributed by atoms with E-state index in [1.807, 2.05) is 0 Å². The van der Waals surface area contributed by atoms with Crippen LogP contribution in [-0.2, 0) is 5.88 Å². The van der Waals surface area contributed by atoms with E-state index in [1.165, 1.54) is 13.2 Å². The molecule has 1 rings (SSSR count). The van der Waals surface area contributed by atoms with E-state index in [-0.39, 0.29) is 22.4 Å². The van der Waals surface area contributed by atoms with Gasteiger partial charge in [-0.2, -0.15) is 13.2 Å². The zero-order chi connectivity index (χ0) is 13.8. The van der Waals surface area contributed by atoms with Gasteiger partial charge in [0.25, 0.3) is 0 Å². The van der Waals surface area contributed by atoms with Crippen LogP contribution in [0.1, 0.15) is 12.0 Å². The predicted octanol–water partition coefficient (Wildman–Crippen LogP) is 4.42. The maximum Gasteiger partial charge on any atom is 0.392 e. The molecule has 0 radical (unpaired) electrons. The highest BCUT2D eigenvalue weighted by molar-refractivity contribution is 6.32. The van der Waals surface area contributed by atoms with Crippen molar-refractivity contribution in [2.75, 3.05) is 13.7 Å². The first kappa shape index (κ1) is 15.2. The maximum absolute atomic E-state index is 12.0. The fraction of sp³-hybridized carbons (Fsp3) is 0.455. The van der Waals surface area contributed by atoms with E-state index in [4.69, 9.17) is 32.7 Å². The fourth-order valence-corrected chi connectivity index (χ4v) is 1.70. The minimum atomic E-state index is -4.27. The molecule has 1 aromatic carbocycles. The number of methoxy groups -OCH3 is 1. The van der Waals surface area contributed by atoms with Gasteiger partial charge in [0, 0.05) is 5.88 Å². The van der Waals surface area contributed by atoms with Crippen molar-refractivity contribution in [2.45, 2.75) is 18.5 Å². The van der Waals surface area contributed by atoms with Gasteiger partial charge < -0.3 is 9.47 Å². The summed E-state index contributed by atoms with van der Waals surface area (Å²) < 4.78 is 46.0. The molecule has 0 saturated carbocycles. The molecule has 1 aromatic rings. The molecule has 0 aromatic heterocycles. The molecule has 102 valence electrons. The zero-order valence-electron chi connectivity index (χ0n) is 9.48. The molecule has 0 aliphatic rings. The Hall–Kier alpha value is -0.810. The zero-order valence-corrected chi connectivity index (χ0v) is 11.0. The highest BCUT2D eigenvalue weighted by Crippen LogP contribution is 2.37. The summed E-state index contributed by atoms with van der Waals surface area (Å²) in [6, 6.07) is 3.10. The molecule has 0 N–H and O–H groups in total. The average Bonchev–Trinajstić information content (AvgIpc) is 2.29. The van der Waals surface area contributed by atoms with E-state index in [0.717, 1.165) is 0 Å². The lowest BCUT2D eigenvalue weighted by Crippen LogP contribution is -2.13. The van der Waals surface area contributed by atoms with E-state index < -0.39 is 19.2 Å². The lowest BCUT2D eigenvalue weighted by Gasteiger charge is -2.14. The van der Waals surface area contributed by atoms with E-state index in [0.29, 0.717) is 5.56 Å². The largest absolute Gasteiger partial charge is 0.493 e. The van der Waals surface area contributed by atoms with Crippen LogP contribution in [0.15, 0.2) is 12.1 Å². The lowest BCUT2D eigenvalue weighted by molar-refractivity contribution is -0.139. The summed E-state index contributed by atoms with van der Waals surface area (Å²) in [5, 5.41) is 0.173. The van der Waals surface area contributed by atoms with Crippen LogP contribution < -0.4 is 9.47 Å². The molecule has 0 heterocycles. The predicted molar refractivity (Wildman–Crippen MR) is 63.7 cm³/mol.